The Morgan fingerprint density at radius 2 is 2.00 bits per heavy atom. The van der Waals surface area contributed by atoms with Gasteiger partial charge in [-0.25, -0.2) is 0 Å². The Hall–Kier alpha value is -0.900. The van der Waals surface area contributed by atoms with Gasteiger partial charge in [0.2, 0.25) is 0 Å². The summed E-state index contributed by atoms with van der Waals surface area (Å²) in [6, 6.07) is 0. The molecule has 0 bridgehead atoms. The predicted molar refractivity (Wildman–Crippen MR) is 60.2 cm³/mol. The minimum Gasteiger partial charge on any atom is -0.370 e. The van der Waals surface area contributed by atoms with Crippen molar-refractivity contribution in [2.45, 2.75) is 57.6 Å². The van der Waals surface area contributed by atoms with Crippen LogP contribution in [0.2, 0.25) is 0 Å². The molecule has 1 aromatic rings. The summed E-state index contributed by atoms with van der Waals surface area (Å²) in [7, 11) is 0. The molecule has 3 heterocycles. The molecule has 1 fully saturated rings. The fourth-order valence-corrected chi connectivity index (χ4v) is 2.79. The van der Waals surface area contributed by atoms with Crippen LogP contribution in [0.15, 0.2) is 0 Å². The molecule has 0 N–H and O–H groups in total. The van der Waals surface area contributed by atoms with Crippen LogP contribution in [-0.4, -0.2) is 21.4 Å². The highest BCUT2D eigenvalue weighted by molar-refractivity contribution is 5.06. The molecule has 0 radical (unpaired) electrons. The van der Waals surface area contributed by atoms with E-state index in [1.807, 2.05) is 0 Å². The van der Waals surface area contributed by atoms with Crippen LogP contribution in [0.4, 0.5) is 0 Å². The van der Waals surface area contributed by atoms with Crippen molar-refractivity contribution in [3.63, 3.8) is 0 Å². The van der Waals surface area contributed by atoms with Crippen molar-refractivity contribution in [2.75, 3.05) is 6.61 Å². The van der Waals surface area contributed by atoms with Crippen LogP contribution in [0.1, 0.15) is 62.7 Å². The van der Waals surface area contributed by atoms with Crippen molar-refractivity contribution in [1.82, 2.24) is 14.8 Å². The molecule has 2 atom stereocenters. The summed E-state index contributed by atoms with van der Waals surface area (Å²) in [5.41, 5.74) is 0. The van der Waals surface area contributed by atoms with E-state index in [-0.39, 0.29) is 6.10 Å². The van der Waals surface area contributed by atoms with E-state index in [1.54, 1.807) is 0 Å². The van der Waals surface area contributed by atoms with E-state index in [1.165, 1.54) is 25.7 Å². The smallest absolute Gasteiger partial charge is 0.162 e. The molecule has 0 spiro atoms. The standard InChI is InChI=1S/C12H19N3O/c1-9-5-4-7-15-11(9)13-14-12(15)10-6-2-3-8-16-10/h9-10H,2-8H2,1H3. The largest absolute Gasteiger partial charge is 0.370 e. The Morgan fingerprint density at radius 3 is 2.81 bits per heavy atom. The molecule has 0 aliphatic carbocycles. The molecule has 2 unspecified atom stereocenters. The van der Waals surface area contributed by atoms with Gasteiger partial charge in [-0.3, -0.25) is 0 Å². The Balaban J connectivity index is 1.89. The van der Waals surface area contributed by atoms with Gasteiger partial charge in [0.1, 0.15) is 11.9 Å². The average molecular weight is 221 g/mol. The first-order chi connectivity index (χ1) is 7.86. The number of fused-ring (bicyclic) bond motifs is 1. The van der Waals surface area contributed by atoms with E-state index < -0.39 is 0 Å². The van der Waals surface area contributed by atoms with Crippen molar-refractivity contribution in [3.8, 4) is 0 Å². The molecule has 1 aromatic heterocycles. The van der Waals surface area contributed by atoms with E-state index in [4.69, 9.17) is 4.74 Å². The molecule has 3 rings (SSSR count). The lowest BCUT2D eigenvalue weighted by Crippen LogP contribution is -2.20. The van der Waals surface area contributed by atoms with E-state index >= 15 is 0 Å². The van der Waals surface area contributed by atoms with Crippen molar-refractivity contribution in [2.24, 2.45) is 0 Å². The number of hydrogen-bond donors (Lipinski definition) is 0. The second-order valence-electron chi connectivity index (χ2n) is 4.97. The van der Waals surface area contributed by atoms with Gasteiger partial charge >= 0.3 is 0 Å². The van der Waals surface area contributed by atoms with Crippen molar-refractivity contribution in [1.29, 1.82) is 0 Å². The van der Waals surface area contributed by atoms with Crippen LogP contribution in [0.5, 0.6) is 0 Å². The quantitative estimate of drug-likeness (QED) is 0.731. The third kappa shape index (κ3) is 1.65. The van der Waals surface area contributed by atoms with Crippen molar-refractivity contribution in [3.05, 3.63) is 11.6 Å². The van der Waals surface area contributed by atoms with Gasteiger partial charge in [-0.1, -0.05) is 6.92 Å². The number of nitrogens with zero attached hydrogens (tertiary/aromatic N) is 3. The summed E-state index contributed by atoms with van der Waals surface area (Å²) in [6.07, 6.45) is 6.22. The molecule has 2 aliphatic rings. The number of rotatable bonds is 1. The topological polar surface area (TPSA) is 39.9 Å². The maximum absolute atomic E-state index is 5.80. The monoisotopic (exact) mass is 221 g/mol. The third-order valence-corrected chi connectivity index (χ3v) is 3.74. The normalized spacial score (nSPS) is 30.1. The Morgan fingerprint density at radius 1 is 1.12 bits per heavy atom. The van der Waals surface area contributed by atoms with Gasteiger partial charge in [0.25, 0.3) is 0 Å². The van der Waals surface area contributed by atoms with Gasteiger partial charge in [-0.15, -0.1) is 10.2 Å². The van der Waals surface area contributed by atoms with Crippen LogP contribution >= 0.6 is 0 Å². The highest BCUT2D eigenvalue weighted by Crippen LogP contribution is 2.32. The highest BCUT2D eigenvalue weighted by Gasteiger charge is 2.27. The summed E-state index contributed by atoms with van der Waals surface area (Å²) >= 11 is 0. The molecule has 2 aliphatic heterocycles. The highest BCUT2D eigenvalue weighted by atomic mass is 16.5. The fraction of sp³-hybridized carbons (Fsp3) is 0.833. The van der Waals surface area contributed by atoms with Crippen LogP contribution < -0.4 is 0 Å². The maximum Gasteiger partial charge on any atom is 0.162 e. The molecule has 4 nitrogen and oxygen atoms in total. The first kappa shape index (κ1) is 10.3. The number of ether oxygens (including phenoxy) is 1. The number of hydrogen-bond acceptors (Lipinski definition) is 3. The first-order valence-corrected chi connectivity index (χ1v) is 6.41. The van der Waals surface area contributed by atoms with Crippen molar-refractivity contribution >= 4 is 0 Å². The second-order valence-corrected chi connectivity index (χ2v) is 4.97. The molecular formula is C12H19N3O. The van der Waals surface area contributed by atoms with E-state index in [9.17, 15) is 0 Å². The molecule has 0 aromatic carbocycles. The lowest BCUT2D eigenvalue weighted by molar-refractivity contribution is 0.00671. The minimum absolute atomic E-state index is 0.195. The summed E-state index contributed by atoms with van der Waals surface area (Å²) in [4.78, 5) is 0. The van der Waals surface area contributed by atoms with Gasteiger partial charge in [0.15, 0.2) is 5.82 Å². The van der Waals surface area contributed by atoms with Crippen LogP contribution in [0.25, 0.3) is 0 Å². The molecule has 88 valence electrons. The molecular weight excluding hydrogens is 202 g/mol. The maximum atomic E-state index is 5.80. The molecule has 4 heteroatoms. The van der Waals surface area contributed by atoms with Crippen molar-refractivity contribution < 1.29 is 4.74 Å². The molecule has 16 heavy (non-hydrogen) atoms. The average Bonchev–Trinajstić information content (AvgIpc) is 2.75. The summed E-state index contributed by atoms with van der Waals surface area (Å²) < 4.78 is 8.10. The third-order valence-electron chi connectivity index (χ3n) is 3.74. The number of aromatic nitrogens is 3. The fourth-order valence-electron chi connectivity index (χ4n) is 2.79. The van der Waals surface area contributed by atoms with Gasteiger partial charge in [0.05, 0.1) is 0 Å². The Bertz CT molecular complexity index is 368. The molecule has 1 saturated heterocycles. The zero-order valence-corrected chi connectivity index (χ0v) is 9.85. The first-order valence-electron chi connectivity index (χ1n) is 6.41. The van der Waals surface area contributed by atoms with E-state index in [2.05, 4.69) is 21.7 Å². The Labute approximate surface area is 96.0 Å². The van der Waals surface area contributed by atoms with Gasteiger partial charge in [-0.2, -0.15) is 0 Å². The van der Waals surface area contributed by atoms with Crippen LogP contribution in [0.3, 0.4) is 0 Å². The van der Waals surface area contributed by atoms with Crippen LogP contribution in [-0.2, 0) is 11.3 Å². The van der Waals surface area contributed by atoms with E-state index in [0.717, 1.165) is 31.2 Å². The summed E-state index contributed by atoms with van der Waals surface area (Å²) in [6.45, 7) is 4.19. The molecule has 0 amide bonds. The van der Waals surface area contributed by atoms with Gasteiger partial charge < -0.3 is 9.30 Å². The second kappa shape index (κ2) is 4.17. The lowest BCUT2D eigenvalue weighted by atomic mass is 10.0. The zero-order valence-electron chi connectivity index (χ0n) is 9.85. The van der Waals surface area contributed by atoms with Gasteiger partial charge in [-0.05, 0) is 32.1 Å². The summed E-state index contributed by atoms with van der Waals surface area (Å²) in [5.74, 6) is 2.79. The SMILES string of the molecule is CC1CCCn2c1nnc2C1CCCCO1. The van der Waals surface area contributed by atoms with E-state index in [0.29, 0.717) is 5.92 Å². The zero-order chi connectivity index (χ0) is 11.0. The summed E-state index contributed by atoms with van der Waals surface area (Å²) in [5, 5.41) is 8.71. The van der Waals surface area contributed by atoms with Gasteiger partial charge in [0, 0.05) is 19.1 Å². The molecule has 0 saturated carbocycles. The van der Waals surface area contributed by atoms with Crippen LogP contribution in [0, 0.1) is 0 Å². The Kier molecular flexibility index (Phi) is 2.67. The minimum atomic E-state index is 0.195. The lowest BCUT2D eigenvalue weighted by Gasteiger charge is -2.25. The predicted octanol–water partition coefficient (Wildman–Crippen LogP) is 2.42.